The van der Waals surface area contributed by atoms with E-state index in [2.05, 4.69) is 10.6 Å². The lowest BCUT2D eigenvalue weighted by Crippen LogP contribution is -2.41. The van der Waals surface area contributed by atoms with Gasteiger partial charge in [-0.05, 0) is 24.1 Å². The van der Waals surface area contributed by atoms with Gasteiger partial charge >= 0.3 is 0 Å². The van der Waals surface area contributed by atoms with Gasteiger partial charge in [0, 0.05) is 19.5 Å². The van der Waals surface area contributed by atoms with Crippen LogP contribution in [0.3, 0.4) is 0 Å². The quantitative estimate of drug-likeness (QED) is 0.867. The predicted octanol–water partition coefficient (Wildman–Crippen LogP) is 1.61. The fraction of sp³-hybridized carbons (Fsp3) is 0.500. The molecule has 1 aliphatic rings. The van der Waals surface area contributed by atoms with Gasteiger partial charge in [-0.1, -0.05) is 6.07 Å². The molecule has 2 rings (SSSR count). The first-order chi connectivity index (χ1) is 9.60. The summed E-state index contributed by atoms with van der Waals surface area (Å²) in [5.41, 5.74) is 0.770. The second-order valence-corrected chi connectivity index (χ2v) is 4.80. The van der Waals surface area contributed by atoms with Crippen LogP contribution >= 0.6 is 12.4 Å². The van der Waals surface area contributed by atoms with Crippen LogP contribution in [-0.4, -0.2) is 38.3 Å². The van der Waals surface area contributed by atoms with Crippen molar-refractivity contribution in [2.24, 2.45) is 0 Å². The zero-order chi connectivity index (χ0) is 14.5. The van der Waals surface area contributed by atoms with Gasteiger partial charge in [0.1, 0.15) is 6.17 Å². The van der Waals surface area contributed by atoms with E-state index in [9.17, 15) is 13.6 Å². The van der Waals surface area contributed by atoms with Crippen molar-refractivity contribution in [2.75, 3.05) is 20.2 Å². The van der Waals surface area contributed by atoms with Crippen LogP contribution in [0.4, 0.5) is 8.78 Å². The Bertz CT molecular complexity index is 488. The van der Waals surface area contributed by atoms with Gasteiger partial charge in [-0.25, -0.2) is 8.78 Å². The van der Waals surface area contributed by atoms with E-state index in [0.29, 0.717) is 13.0 Å². The lowest BCUT2D eigenvalue weighted by Gasteiger charge is -2.11. The minimum Gasteiger partial charge on any atom is -0.494 e. The zero-order valence-electron chi connectivity index (χ0n) is 11.7. The van der Waals surface area contributed by atoms with Crippen LogP contribution in [-0.2, 0) is 11.2 Å². The molecule has 0 unspecified atom stereocenters. The second-order valence-electron chi connectivity index (χ2n) is 4.80. The van der Waals surface area contributed by atoms with Crippen LogP contribution in [0.25, 0.3) is 0 Å². The first-order valence-electron chi connectivity index (χ1n) is 6.57. The number of nitrogens with one attached hydrogen (secondary N) is 2. The summed E-state index contributed by atoms with van der Waals surface area (Å²) < 4.78 is 31.2. The average molecular weight is 321 g/mol. The highest BCUT2D eigenvalue weighted by Crippen LogP contribution is 2.17. The van der Waals surface area contributed by atoms with Crippen LogP contribution in [0.2, 0.25) is 0 Å². The van der Waals surface area contributed by atoms with Gasteiger partial charge < -0.3 is 15.4 Å². The zero-order valence-corrected chi connectivity index (χ0v) is 12.5. The molecule has 1 heterocycles. The molecule has 1 amide bonds. The summed E-state index contributed by atoms with van der Waals surface area (Å²) in [7, 11) is 1.41. The standard InChI is InChI=1S/C14H18F2N2O2.ClH/c1-20-13-3-2-9(6-11(13)16)4-5-17-14(19)12-7-10(15)8-18-12;/h2-3,6,10,12,18H,4-5,7-8H2,1H3,(H,17,19);1H/t10-,12+;/m0./s1. The van der Waals surface area contributed by atoms with Gasteiger partial charge in [0.25, 0.3) is 0 Å². The van der Waals surface area contributed by atoms with Crippen LogP contribution in [0, 0.1) is 5.82 Å². The number of methoxy groups -OCH3 is 1. The molecule has 0 spiro atoms. The van der Waals surface area contributed by atoms with E-state index >= 15 is 0 Å². The fourth-order valence-electron chi connectivity index (χ4n) is 2.21. The van der Waals surface area contributed by atoms with Crippen molar-refractivity contribution >= 4 is 18.3 Å². The van der Waals surface area contributed by atoms with Gasteiger partial charge in [-0.3, -0.25) is 4.79 Å². The molecule has 2 N–H and O–H groups in total. The van der Waals surface area contributed by atoms with Crippen LogP contribution < -0.4 is 15.4 Å². The molecule has 2 atom stereocenters. The Labute approximate surface area is 128 Å². The molecule has 0 aliphatic carbocycles. The molecule has 0 aromatic heterocycles. The van der Waals surface area contributed by atoms with Crippen molar-refractivity contribution in [3.05, 3.63) is 29.6 Å². The molecule has 118 valence electrons. The van der Waals surface area contributed by atoms with E-state index in [-0.39, 0.29) is 37.0 Å². The minimum absolute atomic E-state index is 0. The Morgan fingerprint density at radius 1 is 1.52 bits per heavy atom. The van der Waals surface area contributed by atoms with Crippen LogP contribution in [0.1, 0.15) is 12.0 Å². The van der Waals surface area contributed by atoms with Crippen molar-refractivity contribution in [3.63, 3.8) is 0 Å². The smallest absolute Gasteiger partial charge is 0.237 e. The van der Waals surface area contributed by atoms with E-state index in [1.54, 1.807) is 12.1 Å². The maximum absolute atomic E-state index is 13.5. The Hall–Kier alpha value is -1.40. The highest BCUT2D eigenvalue weighted by atomic mass is 35.5. The highest BCUT2D eigenvalue weighted by Gasteiger charge is 2.28. The van der Waals surface area contributed by atoms with Crippen molar-refractivity contribution in [1.82, 2.24) is 10.6 Å². The number of hydrogen-bond acceptors (Lipinski definition) is 3. The van der Waals surface area contributed by atoms with E-state index in [0.717, 1.165) is 5.56 Å². The maximum Gasteiger partial charge on any atom is 0.237 e. The monoisotopic (exact) mass is 320 g/mol. The number of halogens is 3. The molecule has 1 saturated heterocycles. The molecule has 1 aromatic rings. The van der Waals surface area contributed by atoms with E-state index in [1.807, 2.05) is 0 Å². The van der Waals surface area contributed by atoms with Crippen molar-refractivity contribution in [3.8, 4) is 5.75 Å². The molecule has 0 radical (unpaired) electrons. The number of amides is 1. The molecule has 7 heteroatoms. The molecular formula is C14H19ClF2N2O2. The van der Waals surface area contributed by atoms with Gasteiger partial charge in [-0.2, -0.15) is 0 Å². The maximum atomic E-state index is 13.5. The lowest BCUT2D eigenvalue weighted by atomic mass is 10.1. The second kappa shape index (κ2) is 8.14. The van der Waals surface area contributed by atoms with Gasteiger partial charge in [0.05, 0.1) is 13.2 Å². The topological polar surface area (TPSA) is 50.4 Å². The fourth-order valence-corrected chi connectivity index (χ4v) is 2.21. The van der Waals surface area contributed by atoms with Gasteiger partial charge in [0.2, 0.25) is 5.91 Å². The van der Waals surface area contributed by atoms with Crippen LogP contribution in [0.15, 0.2) is 18.2 Å². The number of hydrogen-bond donors (Lipinski definition) is 2. The number of alkyl halides is 1. The largest absolute Gasteiger partial charge is 0.494 e. The Kier molecular flexibility index (Phi) is 6.84. The normalized spacial score (nSPS) is 20.7. The summed E-state index contributed by atoms with van der Waals surface area (Å²) >= 11 is 0. The van der Waals surface area contributed by atoms with Crippen molar-refractivity contribution in [1.29, 1.82) is 0 Å². The third-order valence-corrected chi connectivity index (χ3v) is 3.32. The van der Waals surface area contributed by atoms with Crippen molar-refractivity contribution in [2.45, 2.75) is 25.1 Å². The minimum atomic E-state index is -0.957. The molecule has 0 saturated carbocycles. The average Bonchev–Trinajstić information content (AvgIpc) is 2.85. The number of carbonyl (C=O) groups is 1. The van der Waals surface area contributed by atoms with E-state index in [1.165, 1.54) is 13.2 Å². The predicted molar refractivity (Wildman–Crippen MR) is 78.2 cm³/mol. The number of benzene rings is 1. The number of rotatable bonds is 5. The third kappa shape index (κ3) is 4.82. The van der Waals surface area contributed by atoms with Crippen LogP contribution in [0.5, 0.6) is 5.75 Å². The summed E-state index contributed by atoms with van der Waals surface area (Å²) in [5, 5.41) is 5.54. The summed E-state index contributed by atoms with van der Waals surface area (Å²) in [6.07, 6.45) is -0.233. The number of carbonyl (C=O) groups excluding carboxylic acids is 1. The summed E-state index contributed by atoms with van der Waals surface area (Å²) in [6.45, 7) is 0.613. The molecule has 1 fully saturated rings. The summed E-state index contributed by atoms with van der Waals surface area (Å²) in [5.74, 6) is -0.435. The van der Waals surface area contributed by atoms with E-state index < -0.39 is 18.0 Å². The van der Waals surface area contributed by atoms with E-state index in [4.69, 9.17) is 4.74 Å². The summed E-state index contributed by atoms with van der Waals surface area (Å²) in [4.78, 5) is 11.7. The van der Waals surface area contributed by atoms with Gasteiger partial charge in [-0.15, -0.1) is 12.4 Å². The molecule has 1 aliphatic heterocycles. The molecule has 21 heavy (non-hydrogen) atoms. The molecule has 4 nitrogen and oxygen atoms in total. The first kappa shape index (κ1) is 17.7. The summed E-state index contributed by atoms with van der Waals surface area (Å²) in [6, 6.07) is 4.23. The highest BCUT2D eigenvalue weighted by molar-refractivity contribution is 5.85. The lowest BCUT2D eigenvalue weighted by molar-refractivity contribution is -0.122. The number of ether oxygens (including phenoxy) is 1. The molecule has 0 bridgehead atoms. The Morgan fingerprint density at radius 2 is 2.29 bits per heavy atom. The molecular weight excluding hydrogens is 302 g/mol. The Morgan fingerprint density at radius 3 is 2.86 bits per heavy atom. The first-order valence-corrected chi connectivity index (χ1v) is 6.57. The van der Waals surface area contributed by atoms with Crippen molar-refractivity contribution < 1.29 is 18.3 Å². The van der Waals surface area contributed by atoms with Gasteiger partial charge in [0.15, 0.2) is 11.6 Å². The third-order valence-electron chi connectivity index (χ3n) is 3.32. The Balaban J connectivity index is 0.00000220. The SMILES string of the molecule is COc1ccc(CCNC(=O)[C@H]2C[C@H](F)CN2)cc1F.Cl. The molecule has 1 aromatic carbocycles.